The Kier molecular flexibility index (Phi) is 5.84. The van der Waals surface area contributed by atoms with Crippen molar-refractivity contribution in [1.29, 1.82) is 0 Å². The SMILES string of the molecule is CC(C)c1ccccc1OCCNC(=O)c1ccccc1Cl. The Morgan fingerprint density at radius 1 is 1.14 bits per heavy atom. The lowest BCUT2D eigenvalue weighted by Gasteiger charge is -2.14. The van der Waals surface area contributed by atoms with Crippen LogP contribution in [-0.4, -0.2) is 19.1 Å². The number of carbonyl (C=O) groups is 1. The number of para-hydroxylation sites is 1. The minimum absolute atomic E-state index is 0.189. The van der Waals surface area contributed by atoms with Gasteiger partial charge in [0.2, 0.25) is 0 Å². The third-order valence-corrected chi connectivity index (χ3v) is 3.63. The van der Waals surface area contributed by atoms with Crippen LogP contribution in [0.5, 0.6) is 5.75 Å². The molecular weight excluding hydrogens is 298 g/mol. The van der Waals surface area contributed by atoms with Gasteiger partial charge in [-0.3, -0.25) is 4.79 Å². The lowest BCUT2D eigenvalue weighted by Crippen LogP contribution is -2.28. The lowest BCUT2D eigenvalue weighted by molar-refractivity contribution is 0.0947. The molecule has 0 aliphatic heterocycles. The van der Waals surface area contributed by atoms with Gasteiger partial charge in [0.25, 0.3) is 5.91 Å². The van der Waals surface area contributed by atoms with Crippen molar-refractivity contribution in [2.24, 2.45) is 0 Å². The third-order valence-electron chi connectivity index (χ3n) is 3.30. The fraction of sp³-hybridized carbons (Fsp3) is 0.278. The highest BCUT2D eigenvalue weighted by atomic mass is 35.5. The smallest absolute Gasteiger partial charge is 0.252 e. The van der Waals surface area contributed by atoms with E-state index in [9.17, 15) is 4.79 Å². The average Bonchev–Trinajstić information content (AvgIpc) is 2.52. The molecule has 0 aliphatic carbocycles. The molecule has 3 nitrogen and oxygen atoms in total. The summed E-state index contributed by atoms with van der Waals surface area (Å²) in [6, 6.07) is 14.9. The van der Waals surface area contributed by atoms with Crippen molar-refractivity contribution in [3.05, 3.63) is 64.7 Å². The maximum atomic E-state index is 12.0. The summed E-state index contributed by atoms with van der Waals surface area (Å²) in [5, 5.41) is 3.26. The van der Waals surface area contributed by atoms with E-state index in [0.717, 1.165) is 5.75 Å². The van der Waals surface area contributed by atoms with Gasteiger partial charge in [-0.2, -0.15) is 0 Å². The van der Waals surface area contributed by atoms with Gasteiger partial charge in [-0.1, -0.05) is 55.8 Å². The summed E-state index contributed by atoms with van der Waals surface area (Å²) in [5.74, 6) is 1.07. The molecule has 0 aliphatic rings. The van der Waals surface area contributed by atoms with Gasteiger partial charge in [-0.25, -0.2) is 0 Å². The number of hydrogen-bond donors (Lipinski definition) is 1. The second kappa shape index (κ2) is 7.85. The Morgan fingerprint density at radius 2 is 1.82 bits per heavy atom. The predicted octanol–water partition coefficient (Wildman–Crippen LogP) is 4.27. The Morgan fingerprint density at radius 3 is 2.55 bits per heavy atom. The molecule has 0 radical (unpaired) electrons. The first-order valence-corrected chi connectivity index (χ1v) is 7.72. The van der Waals surface area contributed by atoms with Crippen LogP contribution in [-0.2, 0) is 0 Å². The van der Waals surface area contributed by atoms with Gasteiger partial charge >= 0.3 is 0 Å². The van der Waals surface area contributed by atoms with E-state index in [4.69, 9.17) is 16.3 Å². The minimum atomic E-state index is -0.189. The van der Waals surface area contributed by atoms with Gasteiger partial charge in [-0.05, 0) is 29.7 Å². The molecule has 0 unspecified atom stereocenters. The van der Waals surface area contributed by atoms with Crippen LogP contribution in [0.1, 0.15) is 35.7 Å². The van der Waals surface area contributed by atoms with Crippen LogP contribution in [0.15, 0.2) is 48.5 Å². The number of ether oxygens (including phenoxy) is 1. The molecule has 2 aromatic carbocycles. The molecule has 0 aromatic heterocycles. The number of hydrogen-bond acceptors (Lipinski definition) is 2. The first kappa shape index (κ1) is 16.4. The Hall–Kier alpha value is -2.00. The summed E-state index contributed by atoms with van der Waals surface area (Å²) in [4.78, 5) is 12.0. The molecule has 1 amide bonds. The van der Waals surface area contributed by atoms with E-state index >= 15 is 0 Å². The quantitative estimate of drug-likeness (QED) is 0.808. The maximum Gasteiger partial charge on any atom is 0.252 e. The van der Waals surface area contributed by atoms with Gasteiger partial charge in [-0.15, -0.1) is 0 Å². The fourth-order valence-electron chi connectivity index (χ4n) is 2.16. The highest BCUT2D eigenvalue weighted by Crippen LogP contribution is 2.25. The third kappa shape index (κ3) is 4.25. The van der Waals surface area contributed by atoms with Gasteiger partial charge in [0.15, 0.2) is 0 Å². The van der Waals surface area contributed by atoms with E-state index in [0.29, 0.717) is 29.7 Å². The van der Waals surface area contributed by atoms with Gasteiger partial charge in [0.05, 0.1) is 17.1 Å². The van der Waals surface area contributed by atoms with Crippen LogP contribution >= 0.6 is 11.6 Å². The van der Waals surface area contributed by atoms with E-state index in [-0.39, 0.29) is 5.91 Å². The van der Waals surface area contributed by atoms with E-state index in [1.807, 2.05) is 18.2 Å². The first-order valence-electron chi connectivity index (χ1n) is 7.34. The number of carbonyl (C=O) groups excluding carboxylic acids is 1. The zero-order chi connectivity index (χ0) is 15.9. The summed E-state index contributed by atoms with van der Waals surface area (Å²) in [7, 11) is 0. The van der Waals surface area contributed by atoms with Crippen LogP contribution in [0.2, 0.25) is 5.02 Å². The Balaban J connectivity index is 1.85. The molecule has 0 saturated carbocycles. The summed E-state index contributed by atoms with van der Waals surface area (Å²) >= 11 is 5.99. The highest BCUT2D eigenvalue weighted by molar-refractivity contribution is 6.33. The number of benzene rings is 2. The Labute approximate surface area is 136 Å². The zero-order valence-electron chi connectivity index (χ0n) is 12.8. The van der Waals surface area contributed by atoms with Crippen molar-refractivity contribution >= 4 is 17.5 Å². The molecule has 116 valence electrons. The molecule has 0 fully saturated rings. The predicted molar refractivity (Wildman–Crippen MR) is 89.8 cm³/mol. The zero-order valence-corrected chi connectivity index (χ0v) is 13.6. The van der Waals surface area contributed by atoms with E-state index in [1.54, 1.807) is 24.3 Å². The van der Waals surface area contributed by atoms with E-state index in [2.05, 4.69) is 25.2 Å². The second-order valence-corrected chi connectivity index (χ2v) is 5.68. The van der Waals surface area contributed by atoms with E-state index < -0.39 is 0 Å². The van der Waals surface area contributed by atoms with Crippen molar-refractivity contribution < 1.29 is 9.53 Å². The van der Waals surface area contributed by atoms with Crippen molar-refractivity contribution in [3.63, 3.8) is 0 Å². The van der Waals surface area contributed by atoms with Crippen LogP contribution in [0.25, 0.3) is 0 Å². The molecule has 0 bridgehead atoms. The van der Waals surface area contributed by atoms with Crippen molar-refractivity contribution in [3.8, 4) is 5.75 Å². The molecule has 2 aromatic rings. The molecule has 4 heteroatoms. The first-order chi connectivity index (χ1) is 10.6. The average molecular weight is 318 g/mol. The number of amides is 1. The minimum Gasteiger partial charge on any atom is -0.491 e. The largest absolute Gasteiger partial charge is 0.491 e. The number of nitrogens with one attached hydrogen (secondary N) is 1. The molecule has 1 N–H and O–H groups in total. The molecule has 2 rings (SSSR count). The highest BCUT2D eigenvalue weighted by Gasteiger charge is 2.09. The normalized spacial score (nSPS) is 10.5. The molecule has 0 saturated heterocycles. The molecule has 22 heavy (non-hydrogen) atoms. The summed E-state index contributed by atoms with van der Waals surface area (Å²) in [5.41, 5.74) is 1.65. The number of halogens is 1. The monoisotopic (exact) mass is 317 g/mol. The molecule has 0 spiro atoms. The van der Waals surface area contributed by atoms with Gasteiger partial charge < -0.3 is 10.1 Å². The Bertz CT molecular complexity index is 640. The molecular formula is C18H20ClNO2. The van der Waals surface area contributed by atoms with Crippen molar-refractivity contribution in [1.82, 2.24) is 5.32 Å². The summed E-state index contributed by atoms with van der Waals surface area (Å²) < 4.78 is 5.77. The van der Waals surface area contributed by atoms with E-state index in [1.165, 1.54) is 5.56 Å². The molecule has 0 atom stereocenters. The van der Waals surface area contributed by atoms with Gasteiger partial charge in [0.1, 0.15) is 12.4 Å². The topological polar surface area (TPSA) is 38.3 Å². The van der Waals surface area contributed by atoms with Crippen LogP contribution < -0.4 is 10.1 Å². The summed E-state index contributed by atoms with van der Waals surface area (Å²) in [6.45, 7) is 5.10. The van der Waals surface area contributed by atoms with Gasteiger partial charge in [0, 0.05) is 0 Å². The van der Waals surface area contributed by atoms with Crippen molar-refractivity contribution in [2.75, 3.05) is 13.2 Å². The second-order valence-electron chi connectivity index (χ2n) is 5.28. The molecule has 0 heterocycles. The van der Waals surface area contributed by atoms with Crippen LogP contribution in [0, 0.1) is 0 Å². The van der Waals surface area contributed by atoms with Crippen LogP contribution in [0.3, 0.4) is 0 Å². The summed E-state index contributed by atoms with van der Waals surface area (Å²) in [6.07, 6.45) is 0. The van der Waals surface area contributed by atoms with Crippen molar-refractivity contribution in [2.45, 2.75) is 19.8 Å². The van der Waals surface area contributed by atoms with Crippen LogP contribution in [0.4, 0.5) is 0 Å². The fourth-order valence-corrected chi connectivity index (χ4v) is 2.38. The maximum absolute atomic E-state index is 12.0. The standard InChI is InChI=1S/C18H20ClNO2/c1-13(2)14-7-4-6-10-17(14)22-12-11-20-18(21)15-8-3-5-9-16(15)19/h3-10,13H,11-12H2,1-2H3,(H,20,21). The number of rotatable bonds is 6. The lowest BCUT2D eigenvalue weighted by atomic mass is 10.0.